The van der Waals surface area contributed by atoms with E-state index in [4.69, 9.17) is 9.84 Å². The van der Waals surface area contributed by atoms with Gasteiger partial charge >= 0.3 is 11.9 Å². The maximum Gasteiger partial charge on any atom is 0.309 e. The molecular formula is C15H30O4. The number of esters is 1. The zero-order chi connectivity index (χ0) is 15.3. The summed E-state index contributed by atoms with van der Waals surface area (Å²) in [6.45, 7) is 10.3. The first-order valence-corrected chi connectivity index (χ1v) is 7.47. The summed E-state index contributed by atoms with van der Waals surface area (Å²) in [5.74, 6) is -2.19. The van der Waals surface area contributed by atoms with Crippen LogP contribution in [0.15, 0.2) is 0 Å². The van der Waals surface area contributed by atoms with Crippen molar-refractivity contribution in [3.05, 3.63) is 0 Å². The Kier molecular flexibility index (Phi) is 14.3. The van der Waals surface area contributed by atoms with Gasteiger partial charge in [-0.2, -0.15) is 0 Å². The lowest BCUT2D eigenvalue weighted by Crippen LogP contribution is -2.33. The number of ether oxygens (including phenoxy) is 1. The summed E-state index contributed by atoms with van der Waals surface area (Å²) in [7, 11) is 0. The van der Waals surface area contributed by atoms with E-state index in [1.54, 1.807) is 6.92 Å². The molecule has 0 saturated heterocycles. The Morgan fingerprint density at radius 2 is 1.47 bits per heavy atom. The Bertz CT molecular complexity index is 238. The molecule has 0 amide bonds. The van der Waals surface area contributed by atoms with Gasteiger partial charge in [-0.3, -0.25) is 9.59 Å². The number of carbonyl (C=O) groups is 2. The molecule has 1 rings (SSSR count). The third-order valence-electron chi connectivity index (χ3n) is 2.67. The van der Waals surface area contributed by atoms with Crippen LogP contribution in [0.25, 0.3) is 0 Å². The lowest BCUT2D eigenvalue weighted by Gasteiger charge is -2.26. The van der Waals surface area contributed by atoms with E-state index >= 15 is 0 Å². The Balaban J connectivity index is 0. The molecule has 1 fully saturated rings. The van der Waals surface area contributed by atoms with Gasteiger partial charge in [-0.25, -0.2) is 0 Å². The number of carboxylic acid groups (broad SMARTS) is 1. The van der Waals surface area contributed by atoms with Gasteiger partial charge in [0.1, 0.15) is 0 Å². The Morgan fingerprint density at radius 3 is 1.84 bits per heavy atom. The monoisotopic (exact) mass is 274 g/mol. The molecule has 0 radical (unpaired) electrons. The summed E-state index contributed by atoms with van der Waals surface area (Å²) >= 11 is 0. The van der Waals surface area contributed by atoms with Crippen LogP contribution in [0.2, 0.25) is 0 Å². The number of rotatable bonds is 3. The zero-order valence-electron chi connectivity index (χ0n) is 13.1. The first kappa shape index (κ1) is 20.3. The van der Waals surface area contributed by atoms with Crippen LogP contribution in [0, 0.1) is 11.8 Å². The van der Waals surface area contributed by atoms with Gasteiger partial charge in [-0.05, 0) is 19.8 Å². The summed E-state index contributed by atoms with van der Waals surface area (Å²) in [6.07, 6.45) is 4.31. The van der Waals surface area contributed by atoms with E-state index in [1.807, 2.05) is 13.8 Å². The van der Waals surface area contributed by atoms with Gasteiger partial charge in [0.05, 0.1) is 18.4 Å². The predicted octanol–water partition coefficient (Wildman–Crippen LogP) is 3.88. The molecule has 1 aliphatic carbocycles. The van der Waals surface area contributed by atoms with Crippen molar-refractivity contribution in [3.8, 4) is 0 Å². The molecule has 0 aliphatic heterocycles. The highest BCUT2D eigenvalue weighted by atomic mass is 16.5. The smallest absolute Gasteiger partial charge is 0.309 e. The minimum Gasteiger partial charge on any atom is -0.481 e. The fraction of sp³-hybridized carbons (Fsp3) is 0.867. The van der Waals surface area contributed by atoms with Gasteiger partial charge in [0.2, 0.25) is 0 Å². The minimum absolute atomic E-state index is 0.321. The topological polar surface area (TPSA) is 63.6 Å². The number of aliphatic carboxylic acids is 1. The molecular weight excluding hydrogens is 244 g/mol. The Labute approximate surface area is 117 Å². The second-order valence-corrected chi connectivity index (χ2v) is 4.29. The van der Waals surface area contributed by atoms with Crippen LogP contribution in [-0.4, -0.2) is 23.7 Å². The predicted molar refractivity (Wildman–Crippen MR) is 77.0 cm³/mol. The van der Waals surface area contributed by atoms with Gasteiger partial charge in [-0.1, -0.05) is 47.0 Å². The fourth-order valence-corrected chi connectivity index (χ4v) is 1.96. The quantitative estimate of drug-likeness (QED) is 0.793. The standard InChI is InChI=1S/C10H16O4.C3H8.C2H6/c1-2-14-10(13)8-6-4-3-5-7(8)9(11)12;1-3-2;1-2/h7-8H,2-6H2,1H3,(H,11,12);3H2,1-2H3;1-2H3. The lowest BCUT2D eigenvalue weighted by atomic mass is 9.79. The maximum atomic E-state index is 11.4. The van der Waals surface area contributed by atoms with E-state index in [2.05, 4.69) is 13.8 Å². The van der Waals surface area contributed by atoms with Gasteiger partial charge in [-0.15, -0.1) is 0 Å². The van der Waals surface area contributed by atoms with Gasteiger partial charge in [0.15, 0.2) is 0 Å². The Hall–Kier alpha value is -1.06. The van der Waals surface area contributed by atoms with Crippen LogP contribution in [0.1, 0.15) is 66.7 Å². The lowest BCUT2D eigenvalue weighted by molar-refractivity contribution is -0.159. The maximum absolute atomic E-state index is 11.4. The largest absolute Gasteiger partial charge is 0.481 e. The number of carbonyl (C=O) groups excluding carboxylic acids is 1. The van der Waals surface area contributed by atoms with Crippen LogP contribution in [0.4, 0.5) is 0 Å². The summed E-state index contributed by atoms with van der Waals surface area (Å²) in [5.41, 5.74) is 0. The van der Waals surface area contributed by atoms with Crippen molar-refractivity contribution in [3.63, 3.8) is 0 Å². The highest BCUT2D eigenvalue weighted by Crippen LogP contribution is 2.31. The highest BCUT2D eigenvalue weighted by molar-refractivity contribution is 5.81. The minimum atomic E-state index is -0.872. The third kappa shape index (κ3) is 8.62. The van der Waals surface area contributed by atoms with Gasteiger partial charge in [0, 0.05) is 0 Å². The van der Waals surface area contributed by atoms with Crippen molar-refractivity contribution in [1.29, 1.82) is 0 Å². The van der Waals surface area contributed by atoms with Crippen molar-refractivity contribution < 1.29 is 19.4 Å². The average molecular weight is 274 g/mol. The molecule has 0 spiro atoms. The molecule has 4 heteroatoms. The molecule has 1 N–H and O–H groups in total. The van der Waals surface area contributed by atoms with Crippen LogP contribution < -0.4 is 0 Å². The van der Waals surface area contributed by atoms with E-state index in [1.165, 1.54) is 6.42 Å². The summed E-state index contributed by atoms with van der Waals surface area (Å²) in [6, 6.07) is 0. The van der Waals surface area contributed by atoms with Crippen LogP contribution in [-0.2, 0) is 14.3 Å². The van der Waals surface area contributed by atoms with E-state index < -0.39 is 17.8 Å². The van der Waals surface area contributed by atoms with Crippen molar-refractivity contribution in [1.82, 2.24) is 0 Å². The molecule has 1 saturated carbocycles. The van der Waals surface area contributed by atoms with Gasteiger partial charge in [0.25, 0.3) is 0 Å². The van der Waals surface area contributed by atoms with E-state index in [9.17, 15) is 9.59 Å². The van der Waals surface area contributed by atoms with Crippen molar-refractivity contribution >= 4 is 11.9 Å². The third-order valence-corrected chi connectivity index (χ3v) is 2.67. The van der Waals surface area contributed by atoms with E-state index in [0.29, 0.717) is 19.4 Å². The molecule has 0 aromatic rings. The fourth-order valence-electron chi connectivity index (χ4n) is 1.96. The molecule has 0 aromatic heterocycles. The van der Waals surface area contributed by atoms with Crippen molar-refractivity contribution in [2.24, 2.45) is 11.8 Å². The number of carboxylic acids is 1. The molecule has 4 nitrogen and oxygen atoms in total. The second-order valence-electron chi connectivity index (χ2n) is 4.29. The average Bonchev–Trinajstić information content (AvgIpc) is 2.42. The van der Waals surface area contributed by atoms with Crippen molar-refractivity contribution in [2.75, 3.05) is 6.61 Å². The molecule has 19 heavy (non-hydrogen) atoms. The molecule has 114 valence electrons. The number of hydrogen-bond donors (Lipinski definition) is 1. The molecule has 2 unspecified atom stereocenters. The zero-order valence-corrected chi connectivity index (χ0v) is 13.1. The molecule has 1 aliphatic rings. The van der Waals surface area contributed by atoms with Crippen LogP contribution in [0.3, 0.4) is 0 Å². The summed E-state index contributed by atoms with van der Waals surface area (Å²) < 4.78 is 4.86. The summed E-state index contributed by atoms with van der Waals surface area (Å²) in [4.78, 5) is 22.3. The SMILES string of the molecule is CC.CCC.CCOC(=O)C1CCCCC1C(=O)O. The molecule has 2 atom stereocenters. The van der Waals surface area contributed by atoms with Gasteiger partial charge < -0.3 is 9.84 Å². The molecule has 0 heterocycles. The Morgan fingerprint density at radius 1 is 1.05 bits per heavy atom. The summed E-state index contributed by atoms with van der Waals surface area (Å²) in [5, 5.41) is 8.92. The molecule has 0 aromatic carbocycles. The second kappa shape index (κ2) is 13.4. The van der Waals surface area contributed by atoms with E-state index in [0.717, 1.165) is 12.8 Å². The molecule has 0 bridgehead atoms. The first-order valence-electron chi connectivity index (χ1n) is 7.47. The van der Waals surface area contributed by atoms with Crippen LogP contribution >= 0.6 is 0 Å². The first-order chi connectivity index (χ1) is 9.08. The van der Waals surface area contributed by atoms with E-state index in [-0.39, 0.29) is 5.97 Å². The number of hydrogen-bond acceptors (Lipinski definition) is 3. The van der Waals surface area contributed by atoms with Crippen molar-refractivity contribution in [2.45, 2.75) is 66.7 Å². The normalized spacial score (nSPS) is 21.1. The van der Waals surface area contributed by atoms with Crippen LogP contribution in [0.5, 0.6) is 0 Å². The highest BCUT2D eigenvalue weighted by Gasteiger charge is 2.36.